The van der Waals surface area contributed by atoms with Crippen molar-refractivity contribution in [3.05, 3.63) is 0 Å². The van der Waals surface area contributed by atoms with E-state index in [-0.39, 0.29) is 6.42 Å². The summed E-state index contributed by atoms with van der Waals surface area (Å²) < 4.78 is 24.7. The summed E-state index contributed by atoms with van der Waals surface area (Å²) in [6.45, 7) is 3.38. The van der Waals surface area contributed by atoms with Crippen molar-refractivity contribution in [1.82, 2.24) is 0 Å². The van der Waals surface area contributed by atoms with Crippen molar-refractivity contribution >= 4 is 6.29 Å². The van der Waals surface area contributed by atoms with Gasteiger partial charge in [0.25, 0.3) is 5.92 Å². The van der Waals surface area contributed by atoms with Crippen LogP contribution in [-0.4, -0.2) is 12.2 Å². The highest BCUT2D eigenvalue weighted by atomic mass is 19.3. The van der Waals surface area contributed by atoms with Gasteiger partial charge in [-0.25, -0.2) is 8.78 Å². The molecule has 1 rings (SSSR count). The summed E-state index contributed by atoms with van der Waals surface area (Å²) in [5, 5.41) is 0. The van der Waals surface area contributed by atoms with Gasteiger partial charge < -0.3 is 4.79 Å². The summed E-state index contributed by atoms with van der Waals surface area (Å²) in [7, 11) is 0. The Morgan fingerprint density at radius 1 is 1.64 bits per heavy atom. The van der Waals surface area contributed by atoms with Gasteiger partial charge in [0.05, 0.1) is 0 Å². The van der Waals surface area contributed by atoms with Gasteiger partial charge >= 0.3 is 0 Å². The number of hydrogen-bond donors (Lipinski definition) is 0. The highest BCUT2D eigenvalue weighted by Gasteiger charge is 2.57. The lowest BCUT2D eigenvalue weighted by atomic mass is 9.89. The van der Waals surface area contributed by atoms with Crippen LogP contribution in [0.4, 0.5) is 8.78 Å². The van der Waals surface area contributed by atoms with E-state index in [2.05, 4.69) is 0 Å². The summed E-state index contributed by atoms with van der Waals surface area (Å²) in [6, 6.07) is 0. The molecule has 1 nitrogen and oxygen atoms in total. The molecule has 11 heavy (non-hydrogen) atoms. The Morgan fingerprint density at radius 2 is 2.09 bits per heavy atom. The van der Waals surface area contributed by atoms with Gasteiger partial charge in [-0.1, -0.05) is 13.8 Å². The van der Waals surface area contributed by atoms with Crippen molar-refractivity contribution in [3.8, 4) is 0 Å². The number of carbonyl (C=O) groups excluding carboxylic acids is 1. The fourth-order valence-corrected chi connectivity index (χ4v) is 1.17. The minimum absolute atomic E-state index is 0.0374. The predicted octanol–water partition coefficient (Wildman–Crippen LogP) is 2.26. The Hall–Kier alpha value is -0.470. The first-order chi connectivity index (χ1) is 4.87. The monoisotopic (exact) mass is 162 g/mol. The summed E-state index contributed by atoms with van der Waals surface area (Å²) in [4.78, 5) is 10.4. The highest BCUT2D eigenvalue weighted by molar-refractivity contribution is 5.58. The van der Waals surface area contributed by atoms with Crippen LogP contribution in [0.25, 0.3) is 0 Å². The van der Waals surface area contributed by atoms with Crippen molar-refractivity contribution in [2.24, 2.45) is 11.3 Å². The molecule has 1 unspecified atom stereocenters. The number of aldehydes is 1. The van der Waals surface area contributed by atoms with E-state index < -0.39 is 17.3 Å². The average molecular weight is 162 g/mol. The van der Waals surface area contributed by atoms with Crippen LogP contribution in [0.2, 0.25) is 0 Å². The Bertz CT molecular complexity index is 175. The first kappa shape index (κ1) is 8.62. The molecule has 0 spiro atoms. The molecule has 0 aromatic heterocycles. The Kier molecular flexibility index (Phi) is 1.77. The van der Waals surface area contributed by atoms with Crippen LogP contribution < -0.4 is 0 Å². The maximum absolute atomic E-state index is 12.3. The normalized spacial score (nSPS) is 28.2. The lowest BCUT2D eigenvalue weighted by Crippen LogP contribution is -2.15. The Labute approximate surface area is 64.8 Å². The Balaban J connectivity index is 2.39. The van der Waals surface area contributed by atoms with Crippen molar-refractivity contribution in [3.63, 3.8) is 0 Å². The molecule has 0 heterocycles. The van der Waals surface area contributed by atoms with E-state index in [9.17, 15) is 13.6 Å². The first-order valence-electron chi connectivity index (χ1n) is 3.71. The largest absolute Gasteiger partial charge is 0.303 e. The molecule has 1 aliphatic rings. The zero-order valence-electron chi connectivity index (χ0n) is 6.73. The van der Waals surface area contributed by atoms with E-state index in [1.165, 1.54) is 0 Å². The molecule has 0 amide bonds. The fraction of sp³-hybridized carbons (Fsp3) is 0.875. The second kappa shape index (κ2) is 2.26. The fourth-order valence-electron chi connectivity index (χ4n) is 1.17. The molecule has 0 aromatic carbocycles. The zero-order valence-corrected chi connectivity index (χ0v) is 6.73. The van der Waals surface area contributed by atoms with Crippen molar-refractivity contribution in [1.29, 1.82) is 0 Å². The van der Waals surface area contributed by atoms with E-state index in [0.29, 0.717) is 6.42 Å². The smallest absolute Gasteiger partial charge is 0.251 e. The van der Waals surface area contributed by atoms with Crippen molar-refractivity contribution < 1.29 is 13.6 Å². The summed E-state index contributed by atoms with van der Waals surface area (Å²) in [6.07, 6.45) is 1.02. The van der Waals surface area contributed by atoms with Crippen LogP contribution in [0.3, 0.4) is 0 Å². The molecule has 3 heteroatoms. The quantitative estimate of drug-likeness (QED) is 0.582. The van der Waals surface area contributed by atoms with E-state index >= 15 is 0 Å². The van der Waals surface area contributed by atoms with Gasteiger partial charge in [0.2, 0.25) is 0 Å². The molecule has 0 saturated heterocycles. The summed E-state index contributed by atoms with van der Waals surface area (Å²) >= 11 is 0. The first-order valence-corrected chi connectivity index (χ1v) is 3.71. The van der Waals surface area contributed by atoms with E-state index in [1.54, 1.807) is 13.8 Å². The third kappa shape index (κ3) is 1.98. The minimum atomic E-state index is -2.49. The van der Waals surface area contributed by atoms with Crippen LogP contribution in [0, 0.1) is 11.3 Å². The van der Waals surface area contributed by atoms with Gasteiger partial charge in [0.15, 0.2) is 0 Å². The molecular formula is C8H12F2O. The van der Waals surface area contributed by atoms with E-state index in [1.807, 2.05) is 0 Å². The lowest BCUT2D eigenvalue weighted by Gasteiger charge is -2.15. The average Bonchev–Trinajstić information content (AvgIpc) is 2.39. The van der Waals surface area contributed by atoms with E-state index in [4.69, 9.17) is 0 Å². The summed E-state index contributed by atoms with van der Waals surface area (Å²) in [5.41, 5.74) is -0.579. The molecule has 64 valence electrons. The molecule has 1 fully saturated rings. The van der Waals surface area contributed by atoms with Gasteiger partial charge in [0, 0.05) is 17.8 Å². The maximum atomic E-state index is 12.3. The second-order valence-electron chi connectivity index (χ2n) is 3.97. The highest BCUT2D eigenvalue weighted by Crippen LogP contribution is 2.53. The van der Waals surface area contributed by atoms with Crippen LogP contribution in [0.1, 0.15) is 26.7 Å². The standard InChI is InChI=1S/C8H12F2O/c1-7(2,5-11)3-6-4-8(6,9)10/h5-6H,3-4H2,1-2H3. The zero-order chi connectivity index (χ0) is 8.70. The number of hydrogen-bond acceptors (Lipinski definition) is 1. The third-order valence-electron chi connectivity index (χ3n) is 2.05. The van der Waals surface area contributed by atoms with Crippen molar-refractivity contribution in [2.45, 2.75) is 32.6 Å². The number of carbonyl (C=O) groups is 1. The lowest BCUT2D eigenvalue weighted by molar-refractivity contribution is -0.115. The number of alkyl halides is 2. The van der Waals surface area contributed by atoms with E-state index in [0.717, 1.165) is 6.29 Å². The second-order valence-corrected chi connectivity index (χ2v) is 3.97. The molecule has 0 radical (unpaired) electrons. The molecule has 1 atom stereocenters. The molecule has 0 bridgehead atoms. The number of halogens is 2. The van der Waals surface area contributed by atoms with Gasteiger partial charge in [-0.3, -0.25) is 0 Å². The van der Waals surface area contributed by atoms with Gasteiger partial charge in [0.1, 0.15) is 6.29 Å². The molecular weight excluding hydrogens is 150 g/mol. The molecule has 0 aliphatic heterocycles. The van der Waals surface area contributed by atoms with Crippen LogP contribution in [0.15, 0.2) is 0 Å². The molecule has 0 aromatic rings. The van der Waals surface area contributed by atoms with Gasteiger partial charge in [-0.2, -0.15) is 0 Å². The number of rotatable bonds is 3. The van der Waals surface area contributed by atoms with Gasteiger partial charge in [-0.05, 0) is 6.42 Å². The molecule has 1 aliphatic carbocycles. The Morgan fingerprint density at radius 3 is 2.36 bits per heavy atom. The maximum Gasteiger partial charge on any atom is 0.251 e. The van der Waals surface area contributed by atoms with Crippen LogP contribution >= 0.6 is 0 Å². The minimum Gasteiger partial charge on any atom is -0.303 e. The topological polar surface area (TPSA) is 17.1 Å². The molecule has 0 N–H and O–H groups in total. The predicted molar refractivity (Wildman–Crippen MR) is 37.5 cm³/mol. The SMILES string of the molecule is CC(C)(C=O)CC1CC1(F)F. The van der Waals surface area contributed by atoms with Crippen LogP contribution in [0.5, 0.6) is 0 Å². The third-order valence-corrected chi connectivity index (χ3v) is 2.05. The molecule has 1 saturated carbocycles. The van der Waals surface area contributed by atoms with Crippen LogP contribution in [-0.2, 0) is 4.79 Å². The summed E-state index contributed by atoms with van der Waals surface area (Å²) in [5.74, 6) is -3.04. The van der Waals surface area contributed by atoms with Gasteiger partial charge in [-0.15, -0.1) is 0 Å². The van der Waals surface area contributed by atoms with Crippen molar-refractivity contribution in [2.75, 3.05) is 0 Å².